The van der Waals surface area contributed by atoms with Crippen LogP contribution in [0, 0.1) is 0 Å². The van der Waals surface area contributed by atoms with Crippen LogP contribution in [0.3, 0.4) is 0 Å². The molecular weight excluding hydrogens is 258 g/mol. The fourth-order valence-electron chi connectivity index (χ4n) is 3.30. The summed E-state index contributed by atoms with van der Waals surface area (Å²) in [5, 5.41) is 9.62. The highest BCUT2D eigenvalue weighted by atomic mass is 16.3. The van der Waals surface area contributed by atoms with E-state index in [9.17, 15) is 5.11 Å². The van der Waals surface area contributed by atoms with Crippen molar-refractivity contribution >= 4 is 0 Å². The van der Waals surface area contributed by atoms with Gasteiger partial charge in [-0.15, -0.1) is 0 Å². The first kappa shape index (κ1) is 15.6. The van der Waals surface area contributed by atoms with Crippen molar-refractivity contribution in [3.63, 3.8) is 0 Å². The molecule has 0 bridgehead atoms. The second-order valence-electron chi connectivity index (χ2n) is 5.71. The second-order valence-corrected chi connectivity index (χ2v) is 5.71. The Morgan fingerprint density at radius 2 is 1.67 bits per heavy atom. The van der Waals surface area contributed by atoms with Gasteiger partial charge in [-0.2, -0.15) is 0 Å². The number of hydrogen-bond acceptors (Lipinski definition) is 2. The number of phenolic OH excluding ortho intramolecular Hbond substituents is 1. The lowest BCUT2D eigenvalue weighted by Crippen LogP contribution is -2.46. The monoisotopic (exact) mass is 283 g/mol. The van der Waals surface area contributed by atoms with Gasteiger partial charge in [-0.3, -0.25) is 0 Å². The van der Waals surface area contributed by atoms with Crippen molar-refractivity contribution in [2.24, 2.45) is 5.73 Å². The summed E-state index contributed by atoms with van der Waals surface area (Å²) in [5.74, 6) is 0.304. The van der Waals surface area contributed by atoms with Crippen LogP contribution in [0.25, 0.3) is 0 Å². The van der Waals surface area contributed by atoms with Gasteiger partial charge in [-0.1, -0.05) is 56.3 Å². The molecule has 0 saturated heterocycles. The van der Waals surface area contributed by atoms with Gasteiger partial charge in [0, 0.05) is 11.5 Å². The largest absolute Gasteiger partial charge is 0.508 e. The molecule has 0 aliphatic rings. The summed E-state index contributed by atoms with van der Waals surface area (Å²) in [6, 6.07) is 18.0. The third kappa shape index (κ3) is 3.27. The zero-order chi connectivity index (χ0) is 15.3. The van der Waals surface area contributed by atoms with Crippen LogP contribution in [0.2, 0.25) is 0 Å². The summed E-state index contributed by atoms with van der Waals surface area (Å²) in [6.45, 7) is 4.41. The Morgan fingerprint density at radius 1 is 1.00 bits per heavy atom. The van der Waals surface area contributed by atoms with E-state index in [0.29, 0.717) is 5.75 Å². The Balaban J connectivity index is 2.29. The van der Waals surface area contributed by atoms with E-state index in [1.54, 1.807) is 12.1 Å². The molecule has 1 atom stereocenters. The number of aromatic hydroxyl groups is 1. The molecular formula is C19H25NO. The van der Waals surface area contributed by atoms with E-state index in [-0.39, 0.29) is 11.5 Å². The molecule has 0 aliphatic carbocycles. The molecule has 2 nitrogen and oxygen atoms in total. The van der Waals surface area contributed by atoms with Crippen LogP contribution in [0.1, 0.15) is 37.8 Å². The van der Waals surface area contributed by atoms with E-state index in [4.69, 9.17) is 5.73 Å². The molecule has 21 heavy (non-hydrogen) atoms. The topological polar surface area (TPSA) is 46.2 Å². The lowest BCUT2D eigenvalue weighted by atomic mass is 9.69. The van der Waals surface area contributed by atoms with E-state index in [1.807, 2.05) is 18.2 Å². The average Bonchev–Trinajstić information content (AvgIpc) is 2.50. The maximum Gasteiger partial charge on any atom is 0.115 e. The van der Waals surface area contributed by atoms with E-state index in [0.717, 1.165) is 24.8 Å². The molecule has 0 heterocycles. The van der Waals surface area contributed by atoms with Gasteiger partial charge in [0.25, 0.3) is 0 Å². The Labute approximate surface area is 127 Å². The normalized spacial score (nSPS) is 13.1. The average molecular weight is 283 g/mol. The molecule has 2 aromatic carbocycles. The summed E-state index contributed by atoms with van der Waals surface area (Å²) in [6.07, 6.45) is 2.78. The summed E-state index contributed by atoms with van der Waals surface area (Å²) in [7, 11) is 0. The van der Waals surface area contributed by atoms with Crippen molar-refractivity contribution in [3.8, 4) is 5.75 Å². The van der Waals surface area contributed by atoms with Crippen LogP contribution in [-0.4, -0.2) is 11.1 Å². The number of rotatable bonds is 6. The summed E-state index contributed by atoms with van der Waals surface area (Å²) in [4.78, 5) is 0. The molecule has 0 fully saturated rings. The predicted octanol–water partition coefficient (Wildman–Crippen LogP) is 4.02. The van der Waals surface area contributed by atoms with E-state index in [2.05, 4.69) is 38.1 Å². The first-order valence-corrected chi connectivity index (χ1v) is 7.71. The first-order chi connectivity index (χ1) is 10.1. The highest BCUT2D eigenvalue weighted by Gasteiger charge is 2.34. The molecule has 0 amide bonds. The van der Waals surface area contributed by atoms with Gasteiger partial charge in [0.2, 0.25) is 0 Å². The van der Waals surface area contributed by atoms with Crippen molar-refractivity contribution in [1.82, 2.24) is 0 Å². The minimum Gasteiger partial charge on any atom is -0.508 e. The molecule has 0 radical (unpaired) electrons. The summed E-state index contributed by atoms with van der Waals surface area (Å²) >= 11 is 0. The molecule has 112 valence electrons. The number of hydrogen-bond donors (Lipinski definition) is 2. The van der Waals surface area contributed by atoms with Gasteiger partial charge < -0.3 is 10.8 Å². The van der Waals surface area contributed by atoms with Gasteiger partial charge in [0.05, 0.1) is 0 Å². The van der Waals surface area contributed by atoms with Crippen molar-refractivity contribution < 1.29 is 5.11 Å². The Hall–Kier alpha value is -1.80. The van der Waals surface area contributed by atoms with Gasteiger partial charge in [-0.05, 0) is 42.5 Å². The lowest BCUT2D eigenvalue weighted by molar-refractivity contribution is 0.314. The second kappa shape index (κ2) is 6.77. The highest BCUT2D eigenvalue weighted by molar-refractivity contribution is 5.31. The van der Waals surface area contributed by atoms with E-state index >= 15 is 0 Å². The lowest BCUT2D eigenvalue weighted by Gasteiger charge is -2.38. The molecule has 0 saturated carbocycles. The van der Waals surface area contributed by atoms with E-state index in [1.165, 1.54) is 5.56 Å². The standard InChI is InChI=1S/C19H25NO/c1-3-19(4-2,16-10-6-5-7-11-16)18(20)14-15-9-8-12-17(21)13-15/h5-13,18,21H,3-4,14,20H2,1-2H3. The van der Waals surface area contributed by atoms with Crippen molar-refractivity contribution in [2.45, 2.75) is 44.6 Å². The zero-order valence-corrected chi connectivity index (χ0v) is 12.9. The van der Waals surface area contributed by atoms with Crippen LogP contribution in [0.15, 0.2) is 54.6 Å². The van der Waals surface area contributed by atoms with E-state index < -0.39 is 0 Å². The summed E-state index contributed by atoms with van der Waals surface area (Å²) < 4.78 is 0. The molecule has 0 spiro atoms. The molecule has 0 aromatic heterocycles. The molecule has 1 unspecified atom stereocenters. The Bertz CT molecular complexity index is 561. The minimum atomic E-state index is -0.0211. The van der Waals surface area contributed by atoms with Gasteiger partial charge >= 0.3 is 0 Å². The third-order valence-corrected chi connectivity index (χ3v) is 4.69. The van der Waals surface area contributed by atoms with Crippen LogP contribution < -0.4 is 5.73 Å². The molecule has 0 aliphatic heterocycles. The number of phenols is 1. The third-order valence-electron chi connectivity index (χ3n) is 4.69. The predicted molar refractivity (Wildman–Crippen MR) is 88.5 cm³/mol. The SMILES string of the molecule is CCC(CC)(c1ccccc1)C(N)Cc1cccc(O)c1. The van der Waals surface area contributed by atoms with Crippen molar-refractivity contribution in [1.29, 1.82) is 0 Å². The van der Waals surface area contributed by atoms with Crippen LogP contribution in [0.5, 0.6) is 5.75 Å². The molecule has 2 heteroatoms. The highest BCUT2D eigenvalue weighted by Crippen LogP contribution is 2.35. The number of nitrogens with two attached hydrogens (primary N) is 1. The van der Waals surface area contributed by atoms with Gasteiger partial charge in [0.15, 0.2) is 0 Å². The van der Waals surface area contributed by atoms with Crippen LogP contribution in [0.4, 0.5) is 0 Å². The molecule has 2 rings (SSSR count). The fourth-order valence-corrected chi connectivity index (χ4v) is 3.30. The maximum absolute atomic E-state index is 9.62. The number of benzene rings is 2. The zero-order valence-electron chi connectivity index (χ0n) is 12.9. The quantitative estimate of drug-likeness (QED) is 0.841. The van der Waals surface area contributed by atoms with Crippen LogP contribution in [-0.2, 0) is 11.8 Å². The minimum absolute atomic E-state index is 0.0211. The first-order valence-electron chi connectivity index (χ1n) is 7.71. The van der Waals surface area contributed by atoms with Gasteiger partial charge in [-0.25, -0.2) is 0 Å². The van der Waals surface area contributed by atoms with Crippen molar-refractivity contribution in [3.05, 3.63) is 65.7 Å². The van der Waals surface area contributed by atoms with Crippen molar-refractivity contribution in [2.75, 3.05) is 0 Å². The Morgan fingerprint density at radius 3 is 2.24 bits per heavy atom. The van der Waals surface area contributed by atoms with Gasteiger partial charge in [0.1, 0.15) is 5.75 Å². The summed E-state index contributed by atoms with van der Waals surface area (Å²) in [5.41, 5.74) is 8.98. The molecule has 3 N–H and O–H groups in total. The Kier molecular flexibility index (Phi) is 5.03. The molecule has 2 aromatic rings. The fraction of sp³-hybridized carbons (Fsp3) is 0.368. The smallest absolute Gasteiger partial charge is 0.115 e. The van der Waals surface area contributed by atoms with Crippen LogP contribution >= 0.6 is 0 Å². The maximum atomic E-state index is 9.62.